The predicted molar refractivity (Wildman–Crippen MR) is 117 cm³/mol. The summed E-state index contributed by atoms with van der Waals surface area (Å²) < 4.78 is 5.35. The second-order valence-electron chi connectivity index (χ2n) is 6.37. The topological polar surface area (TPSA) is 104 Å². The number of amidine groups is 2. The Kier molecular flexibility index (Phi) is 6.26. The van der Waals surface area contributed by atoms with Crippen LogP contribution >= 0.6 is 35.1 Å². The first-order valence-corrected chi connectivity index (χ1v) is 11.1. The van der Waals surface area contributed by atoms with Gasteiger partial charge in [-0.15, -0.1) is 10.2 Å². The molecule has 0 bridgehead atoms. The molecule has 2 aliphatic heterocycles. The smallest absolute Gasteiger partial charge is 0.243 e. The second kappa shape index (κ2) is 9.07. The zero-order valence-corrected chi connectivity index (χ0v) is 17.8. The van der Waals surface area contributed by atoms with E-state index in [1.54, 1.807) is 36.4 Å². The van der Waals surface area contributed by atoms with Gasteiger partial charge in [0.2, 0.25) is 11.8 Å². The number of rotatable bonds is 6. The van der Waals surface area contributed by atoms with Crippen molar-refractivity contribution in [3.63, 3.8) is 0 Å². The monoisotopic (exact) mass is 462 g/mol. The van der Waals surface area contributed by atoms with Crippen molar-refractivity contribution in [2.45, 2.75) is 18.2 Å². The fraction of sp³-hybridized carbons (Fsp3) is 0.211. The molecule has 0 saturated carbocycles. The van der Waals surface area contributed by atoms with E-state index in [2.05, 4.69) is 15.5 Å². The standard InChI is InChI=1S/C19H15ClN4O4S2/c20-12-5-3-11(4-6-12)14(25)8-15-17(27)24(9-13-2-1-7-28-13)19(30-15)23-22-18-21-16(26)10-29-18/h1-7,15H,8-10H2,(H,21,22,26)/b23-19-. The minimum atomic E-state index is -0.632. The van der Waals surface area contributed by atoms with E-state index in [-0.39, 0.29) is 36.3 Å². The Morgan fingerprint density at radius 3 is 2.70 bits per heavy atom. The molecule has 11 heteroatoms. The van der Waals surface area contributed by atoms with Crippen LogP contribution in [0.1, 0.15) is 22.5 Å². The molecule has 154 valence electrons. The van der Waals surface area contributed by atoms with E-state index < -0.39 is 5.25 Å². The van der Waals surface area contributed by atoms with Gasteiger partial charge in [-0.2, -0.15) is 0 Å². The maximum atomic E-state index is 13.0. The molecule has 0 aliphatic carbocycles. The number of benzene rings is 1. The van der Waals surface area contributed by atoms with E-state index in [9.17, 15) is 14.4 Å². The first-order chi connectivity index (χ1) is 14.5. The number of nitrogens with zero attached hydrogens (tertiary/aromatic N) is 3. The van der Waals surface area contributed by atoms with Gasteiger partial charge >= 0.3 is 0 Å². The van der Waals surface area contributed by atoms with Gasteiger partial charge < -0.3 is 9.73 Å². The fourth-order valence-electron chi connectivity index (χ4n) is 2.81. The van der Waals surface area contributed by atoms with Gasteiger partial charge in [-0.3, -0.25) is 19.3 Å². The van der Waals surface area contributed by atoms with Crippen LogP contribution in [0.4, 0.5) is 0 Å². The summed E-state index contributed by atoms with van der Waals surface area (Å²) in [5.74, 6) is 0.303. The molecule has 2 saturated heterocycles. The number of carbonyl (C=O) groups excluding carboxylic acids is 3. The van der Waals surface area contributed by atoms with Crippen molar-refractivity contribution < 1.29 is 18.8 Å². The minimum absolute atomic E-state index is 0.0147. The lowest BCUT2D eigenvalue weighted by Gasteiger charge is -2.14. The van der Waals surface area contributed by atoms with Crippen molar-refractivity contribution in [2.75, 3.05) is 5.75 Å². The highest BCUT2D eigenvalue weighted by Crippen LogP contribution is 2.32. The number of halogens is 1. The lowest BCUT2D eigenvalue weighted by molar-refractivity contribution is -0.126. The van der Waals surface area contributed by atoms with Gasteiger partial charge in [0.25, 0.3) is 0 Å². The molecule has 1 unspecified atom stereocenters. The van der Waals surface area contributed by atoms with Crippen molar-refractivity contribution in [1.29, 1.82) is 0 Å². The van der Waals surface area contributed by atoms with E-state index in [0.29, 0.717) is 26.7 Å². The Bertz CT molecular complexity index is 1040. The summed E-state index contributed by atoms with van der Waals surface area (Å²) in [6, 6.07) is 10.0. The van der Waals surface area contributed by atoms with Gasteiger partial charge in [0.15, 0.2) is 16.1 Å². The number of hydrogen-bond acceptors (Lipinski definition) is 8. The molecule has 2 fully saturated rings. The summed E-state index contributed by atoms with van der Waals surface area (Å²) in [7, 11) is 0. The molecule has 30 heavy (non-hydrogen) atoms. The Morgan fingerprint density at radius 2 is 2.03 bits per heavy atom. The van der Waals surface area contributed by atoms with Crippen LogP contribution in [-0.2, 0) is 16.1 Å². The summed E-state index contributed by atoms with van der Waals surface area (Å²) in [6.07, 6.45) is 1.53. The molecule has 1 aromatic carbocycles. The highest BCUT2D eigenvalue weighted by molar-refractivity contribution is 8.15. The quantitative estimate of drug-likeness (QED) is 0.522. The van der Waals surface area contributed by atoms with Crippen molar-refractivity contribution in [3.05, 3.63) is 59.0 Å². The van der Waals surface area contributed by atoms with Crippen LogP contribution in [0.2, 0.25) is 5.02 Å². The van der Waals surface area contributed by atoms with Gasteiger partial charge in [0, 0.05) is 17.0 Å². The van der Waals surface area contributed by atoms with Gasteiger partial charge in [-0.05, 0) is 36.4 Å². The fourth-order valence-corrected chi connectivity index (χ4v) is 4.65. The van der Waals surface area contributed by atoms with E-state index in [0.717, 1.165) is 0 Å². The van der Waals surface area contributed by atoms with Crippen LogP contribution in [0.3, 0.4) is 0 Å². The molecule has 2 aromatic rings. The first-order valence-electron chi connectivity index (χ1n) is 8.87. The van der Waals surface area contributed by atoms with Crippen LogP contribution in [0, 0.1) is 0 Å². The molecule has 1 aromatic heterocycles. The number of ketones is 1. The molecular formula is C19H15ClN4O4S2. The van der Waals surface area contributed by atoms with Crippen molar-refractivity contribution >= 4 is 63.1 Å². The molecule has 4 rings (SSSR count). The second-order valence-corrected chi connectivity index (χ2v) is 8.94. The number of nitrogens with one attached hydrogen (secondary N) is 1. The average molecular weight is 463 g/mol. The van der Waals surface area contributed by atoms with Gasteiger partial charge in [-0.25, -0.2) is 0 Å². The molecule has 0 radical (unpaired) electrons. The number of Topliss-reactive ketones (excluding diaryl/α,β-unsaturated/α-hetero) is 1. The lowest BCUT2D eigenvalue weighted by atomic mass is 10.1. The van der Waals surface area contributed by atoms with E-state index in [1.807, 2.05) is 0 Å². The molecule has 3 heterocycles. The Labute approximate surface area is 185 Å². The van der Waals surface area contributed by atoms with Crippen molar-refractivity contribution in [3.8, 4) is 0 Å². The summed E-state index contributed by atoms with van der Waals surface area (Å²) in [5.41, 5.74) is 0.487. The summed E-state index contributed by atoms with van der Waals surface area (Å²) in [5, 5.41) is 11.4. The van der Waals surface area contributed by atoms with E-state index in [1.165, 1.54) is 34.7 Å². The summed E-state index contributed by atoms with van der Waals surface area (Å²) in [4.78, 5) is 38.4. The van der Waals surface area contributed by atoms with Crippen LogP contribution in [-0.4, -0.2) is 43.8 Å². The van der Waals surface area contributed by atoms with E-state index in [4.69, 9.17) is 16.0 Å². The maximum Gasteiger partial charge on any atom is 0.243 e. The SMILES string of the molecule is O=C1CS/C(=N\N=C2/SC(CC(=O)c3ccc(Cl)cc3)C(=O)N2Cc2ccco2)N1. The van der Waals surface area contributed by atoms with Gasteiger partial charge in [0.1, 0.15) is 5.76 Å². The number of furan rings is 1. The average Bonchev–Trinajstić information content (AvgIpc) is 3.45. The molecule has 0 spiro atoms. The highest BCUT2D eigenvalue weighted by Gasteiger charge is 2.40. The number of amides is 2. The van der Waals surface area contributed by atoms with Crippen LogP contribution in [0.15, 0.2) is 57.3 Å². The number of thioether (sulfide) groups is 2. The molecule has 1 atom stereocenters. The first kappa shape index (κ1) is 20.7. The van der Waals surface area contributed by atoms with Crippen molar-refractivity contribution in [1.82, 2.24) is 10.2 Å². The largest absolute Gasteiger partial charge is 0.467 e. The zero-order chi connectivity index (χ0) is 21.1. The maximum absolute atomic E-state index is 13.0. The Morgan fingerprint density at radius 1 is 1.23 bits per heavy atom. The summed E-state index contributed by atoms with van der Waals surface area (Å²) in [6.45, 7) is 0.174. The summed E-state index contributed by atoms with van der Waals surface area (Å²) >= 11 is 8.28. The predicted octanol–water partition coefficient (Wildman–Crippen LogP) is 3.14. The van der Waals surface area contributed by atoms with Crippen LogP contribution in [0.25, 0.3) is 0 Å². The highest BCUT2D eigenvalue weighted by atomic mass is 35.5. The zero-order valence-electron chi connectivity index (χ0n) is 15.4. The third-order valence-electron chi connectivity index (χ3n) is 4.26. The third-order valence-corrected chi connectivity index (χ3v) is 6.55. The number of carbonyl (C=O) groups is 3. The Hall–Kier alpha value is -2.56. The van der Waals surface area contributed by atoms with Gasteiger partial charge in [-0.1, -0.05) is 35.1 Å². The van der Waals surface area contributed by atoms with Crippen LogP contribution < -0.4 is 5.32 Å². The molecule has 1 N–H and O–H groups in total. The number of hydrogen-bond donors (Lipinski definition) is 1. The Balaban J connectivity index is 1.53. The molecule has 8 nitrogen and oxygen atoms in total. The minimum Gasteiger partial charge on any atom is -0.467 e. The van der Waals surface area contributed by atoms with Gasteiger partial charge in [0.05, 0.1) is 23.8 Å². The van der Waals surface area contributed by atoms with Crippen molar-refractivity contribution in [2.24, 2.45) is 10.2 Å². The molecular weight excluding hydrogens is 448 g/mol. The van der Waals surface area contributed by atoms with Crippen LogP contribution in [0.5, 0.6) is 0 Å². The molecule has 2 aliphatic rings. The third kappa shape index (κ3) is 4.77. The molecule has 2 amide bonds. The van der Waals surface area contributed by atoms with E-state index >= 15 is 0 Å². The lowest BCUT2D eigenvalue weighted by Crippen LogP contribution is -2.32. The normalized spacial score (nSPS) is 21.6.